The van der Waals surface area contributed by atoms with Crippen LogP contribution in [0.3, 0.4) is 0 Å². The Balaban J connectivity index is 3.07. The van der Waals surface area contributed by atoms with Crippen LogP contribution in [0, 0.1) is 0 Å². The third-order valence-corrected chi connectivity index (χ3v) is 5.45. The number of nitrogens with zero attached hydrogens (tertiary/aromatic N) is 1. The topological polar surface area (TPSA) is 201 Å². The minimum Gasteiger partial charge on any atom is -0.480 e. The second kappa shape index (κ2) is 9.46. The van der Waals surface area contributed by atoms with Crippen LogP contribution in [0.15, 0.2) is 0 Å². The maximum atomic E-state index is 12.4. The van der Waals surface area contributed by atoms with Gasteiger partial charge >= 0.3 is 17.9 Å². The van der Waals surface area contributed by atoms with Gasteiger partial charge in [-0.2, -0.15) is 4.72 Å². The summed E-state index contributed by atoms with van der Waals surface area (Å²) in [6.07, 6.45) is 0. The molecule has 1 heterocycles. The van der Waals surface area contributed by atoms with Crippen LogP contribution < -0.4 is 16.2 Å². The van der Waals surface area contributed by atoms with Crippen molar-refractivity contribution in [2.45, 2.75) is 64.8 Å². The molecule has 0 aliphatic heterocycles. The van der Waals surface area contributed by atoms with Crippen molar-refractivity contribution in [3.8, 4) is 0 Å². The number of carbonyl (C=O) groups excluding carboxylic acids is 2. The lowest BCUT2D eigenvalue weighted by Crippen LogP contribution is -2.46. The highest BCUT2D eigenvalue weighted by molar-refractivity contribution is 7.89. The Hall–Kier alpha value is -2.29. The van der Waals surface area contributed by atoms with E-state index in [0.717, 1.165) is 0 Å². The number of aliphatic carboxylic acids is 1. The number of hydrogen-bond donors (Lipinski definition) is 4. The van der Waals surface area contributed by atoms with E-state index in [2.05, 4.69) is 4.98 Å². The molecule has 6 N–H and O–H groups in total. The first-order valence-corrected chi connectivity index (χ1v) is 11.5. The third kappa shape index (κ3) is 8.77. The molecular formula is C17H28N4O8S2. The van der Waals surface area contributed by atoms with Crippen molar-refractivity contribution in [2.75, 3.05) is 11.5 Å². The Bertz CT molecular complexity index is 944. The van der Waals surface area contributed by atoms with Gasteiger partial charge in [0, 0.05) is 0 Å². The summed E-state index contributed by atoms with van der Waals surface area (Å²) in [7, 11) is -4.39. The molecule has 0 aromatic carbocycles. The van der Waals surface area contributed by atoms with Crippen LogP contribution in [0.1, 0.15) is 63.1 Å². The van der Waals surface area contributed by atoms with E-state index in [4.69, 9.17) is 20.9 Å². The fraction of sp³-hybridized carbons (Fsp3) is 0.647. The summed E-state index contributed by atoms with van der Waals surface area (Å²) in [5.41, 5.74) is 9.27. The molecule has 0 fully saturated rings. The number of carboxylic acids is 1. The zero-order valence-corrected chi connectivity index (χ0v) is 19.7. The quantitative estimate of drug-likeness (QED) is 0.375. The summed E-state index contributed by atoms with van der Waals surface area (Å²) < 4.78 is 36.9. The number of rotatable bonds is 8. The molecule has 31 heavy (non-hydrogen) atoms. The lowest BCUT2D eigenvalue weighted by molar-refractivity contribution is -0.155. The molecule has 176 valence electrons. The van der Waals surface area contributed by atoms with Gasteiger partial charge in [0.15, 0.2) is 6.04 Å². The van der Waals surface area contributed by atoms with Crippen molar-refractivity contribution in [1.82, 2.24) is 9.71 Å². The van der Waals surface area contributed by atoms with Gasteiger partial charge in [0.2, 0.25) is 15.0 Å². The smallest absolute Gasteiger partial charge is 0.368 e. The molecule has 1 aromatic heterocycles. The second-order valence-corrected chi connectivity index (χ2v) is 11.4. The third-order valence-electron chi connectivity index (χ3n) is 3.18. The largest absolute Gasteiger partial charge is 0.480 e. The number of nitrogens with two attached hydrogens (primary N) is 2. The molecule has 0 aliphatic carbocycles. The summed E-state index contributed by atoms with van der Waals surface area (Å²) in [5, 5.41) is 9.06. The number of hydrogen-bond acceptors (Lipinski definition) is 11. The van der Waals surface area contributed by atoms with Gasteiger partial charge in [-0.15, -0.1) is 0 Å². The highest BCUT2D eigenvalue weighted by atomic mass is 32.2. The Labute approximate surface area is 184 Å². The summed E-state index contributed by atoms with van der Waals surface area (Å²) >= 11 is 0.655. The van der Waals surface area contributed by atoms with Crippen LogP contribution in [-0.2, 0) is 29.1 Å². The van der Waals surface area contributed by atoms with Crippen molar-refractivity contribution < 1.29 is 37.4 Å². The maximum absolute atomic E-state index is 12.4. The van der Waals surface area contributed by atoms with Crippen molar-refractivity contribution in [1.29, 1.82) is 0 Å². The number of carbonyl (C=O) groups is 3. The number of anilines is 1. The van der Waals surface area contributed by atoms with Gasteiger partial charge in [0.25, 0.3) is 0 Å². The van der Waals surface area contributed by atoms with E-state index in [1.165, 1.54) is 0 Å². The van der Waals surface area contributed by atoms with E-state index < -0.39 is 57.0 Å². The van der Waals surface area contributed by atoms with E-state index in [-0.39, 0.29) is 15.7 Å². The number of nitrogen functional groups attached to an aromatic ring is 1. The summed E-state index contributed by atoms with van der Waals surface area (Å²) in [6.45, 7) is 9.63. The van der Waals surface area contributed by atoms with Crippen LogP contribution in [-0.4, -0.2) is 59.4 Å². The number of sulfonamides is 1. The summed E-state index contributed by atoms with van der Waals surface area (Å²) in [5.74, 6) is -4.36. The van der Waals surface area contributed by atoms with Crippen molar-refractivity contribution >= 4 is 44.3 Å². The Morgan fingerprint density at radius 3 is 2.10 bits per heavy atom. The van der Waals surface area contributed by atoms with E-state index >= 15 is 0 Å². The van der Waals surface area contributed by atoms with E-state index in [9.17, 15) is 27.9 Å². The number of aromatic nitrogens is 1. The second-order valence-electron chi connectivity index (χ2n) is 8.58. The van der Waals surface area contributed by atoms with Gasteiger partial charge in [-0.05, 0) is 41.5 Å². The fourth-order valence-electron chi connectivity index (χ4n) is 2.09. The monoisotopic (exact) mass is 480 g/mol. The van der Waals surface area contributed by atoms with Crippen molar-refractivity contribution in [3.05, 3.63) is 10.7 Å². The molecule has 14 heteroatoms. The Morgan fingerprint density at radius 2 is 1.65 bits per heavy atom. The Kier molecular flexibility index (Phi) is 8.16. The lowest BCUT2D eigenvalue weighted by Gasteiger charge is -2.22. The highest BCUT2D eigenvalue weighted by Gasteiger charge is 2.34. The van der Waals surface area contributed by atoms with Gasteiger partial charge in [0.1, 0.15) is 27.9 Å². The molecule has 0 saturated carbocycles. The standard InChI is InChI=1S/C17H28N4O8S2/c1-16(2,3)28-14(24)8(18)7-31(26,27)21-10(13(22)23)9-11(19)30-12(20-9)15(25)29-17(4,5)6/h8,10,21H,7,18-19H2,1-6H3,(H,22,23)/t8-,10-/m1/s1. The van der Waals surface area contributed by atoms with Crippen LogP contribution in [0.4, 0.5) is 5.00 Å². The zero-order valence-electron chi connectivity index (χ0n) is 18.1. The molecule has 0 radical (unpaired) electrons. The van der Waals surface area contributed by atoms with Gasteiger partial charge in [-0.1, -0.05) is 11.3 Å². The fourth-order valence-corrected chi connectivity index (χ4v) is 4.11. The minimum absolute atomic E-state index is 0.188. The molecule has 0 amide bonds. The molecule has 0 unspecified atom stereocenters. The molecule has 0 aliphatic rings. The molecule has 0 bridgehead atoms. The van der Waals surface area contributed by atoms with Gasteiger partial charge in [-0.3, -0.25) is 9.59 Å². The number of nitrogens with one attached hydrogen (secondary N) is 1. The summed E-state index contributed by atoms with van der Waals surface area (Å²) in [4.78, 5) is 39.6. The number of esters is 2. The first-order chi connectivity index (χ1) is 13.8. The molecule has 1 aromatic rings. The minimum atomic E-state index is -4.39. The lowest BCUT2D eigenvalue weighted by atomic mass is 10.2. The average molecular weight is 481 g/mol. The number of ether oxygens (including phenoxy) is 2. The maximum Gasteiger partial charge on any atom is 0.368 e. The molecule has 12 nitrogen and oxygen atoms in total. The molecular weight excluding hydrogens is 452 g/mol. The highest BCUT2D eigenvalue weighted by Crippen LogP contribution is 2.28. The van der Waals surface area contributed by atoms with Gasteiger partial charge in [0.05, 0.1) is 5.75 Å². The van der Waals surface area contributed by atoms with E-state index in [1.54, 1.807) is 41.5 Å². The first-order valence-electron chi connectivity index (χ1n) is 9.02. The van der Waals surface area contributed by atoms with Crippen LogP contribution in [0.25, 0.3) is 0 Å². The van der Waals surface area contributed by atoms with Crippen LogP contribution in [0.5, 0.6) is 0 Å². The van der Waals surface area contributed by atoms with Gasteiger partial charge < -0.3 is 26.0 Å². The SMILES string of the molecule is CC(C)(C)OC(=O)c1nc([C@@H](NS(=O)(=O)C[C@@H](N)C(=O)OC(C)(C)C)C(=O)O)c(N)s1. The number of thiazole rings is 1. The summed E-state index contributed by atoms with van der Waals surface area (Å²) in [6, 6.07) is -3.47. The molecule has 1 rings (SSSR count). The predicted molar refractivity (Wildman–Crippen MR) is 113 cm³/mol. The molecule has 2 atom stereocenters. The van der Waals surface area contributed by atoms with Gasteiger partial charge in [-0.25, -0.2) is 18.2 Å². The van der Waals surface area contributed by atoms with Crippen LogP contribution in [0.2, 0.25) is 0 Å². The number of carboxylic acid groups (broad SMARTS) is 1. The van der Waals surface area contributed by atoms with Crippen molar-refractivity contribution in [3.63, 3.8) is 0 Å². The van der Waals surface area contributed by atoms with E-state index in [0.29, 0.717) is 11.3 Å². The van der Waals surface area contributed by atoms with Crippen LogP contribution >= 0.6 is 11.3 Å². The molecule has 0 spiro atoms. The average Bonchev–Trinajstić information content (AvgIpc) is 2.90. The van der Waals surface area contributed by atoms with E-state index in [1.807, 2.05) is 4.72 Å². The zero-order chi connectivity index (χ0) is 24.4. The Morgan fingerprint density at radius 1 is 1.13 bits per heavy atom. The predicted octanol–water partition coefficient (Wildman–Crippen LogP) is 0.395. The van der Waals surface area contributed by atoms with Crippen molar-refractivity contribution in [2.24, 2.45) is 5.73 Å². The first kappa shape index (κ1) is 26.7. The normalized spacial score (nSPS) is 14.5. The molecule has 0 saturated heterocycles.